The minimum atomic E-state index is 0.665. The highest BCUT2D eigenvalue weighted by molar-refractivity contribution is 7.99. The minimum absolute atomic E-state index is 0.665. The average molecular weight is 285 g/mol. The van der Waals surface area contributed by atoms with Crippen LogP contribution in [0.25, 0.3) is 11.0 Å². The summed E-state index contributed by atoms with van der Waals surface area (Å²) in [6.45, 7) is 4.38. The van der Waals surface area contributed by atoms with Gasteiger partial charge < -0.3 is 9.13 Å². The predicted molar refractivity (Wildman–Crippen MR) is 80.8 cm³/mol. The van der Waals surface area contributed by atoms with Crippen LogP contribution >= 0.6 is 11.8 Å². The predicted octanol–water partition coefficient (Wildman–Crippen LogP) is 2.49. The number of hydrogen-bond acceptors (Lipinski definition) is 4. The number of rotatable bonds is 5. The first-order valence-corrected chi connectivity index (χ1v) is 7.30. The maximum absolute atomic E-state index is 4.39. The molecule has 102 valence electrons. The maximum atomic E-state index is 4.39. The monoisotopic (exact) mass is 285 g/mol. The van der Waals surface area contributed by atoms with Gasteiger partial charge in [0, 0.05) is 12.8 Å². The second kappa shape index (κ2) is 5.50. The summed E-state index contributed by atoms with van der Waals surface area (Å²) in [5, 5.41) is 9.37. The molecule has 3 rings (SSSR count). The molecule has 0 aliphatic heterocycles. The second-order valence-corrected chi connectivity index (χ2v) is 5.41. The molecule has 6 heteroatoms. The van der Waals surface area contributed by atoms with E-state index in [9.17, 15) is 0 Å². The Labute approximate surface area is 121 Å². The van der Waals surface area contributed by atoms with Gasteiger partial charge in [-0.2, -0.15) is 0 Å². The summed E-state index contributed by atoms with van der Waals surface area (Å²) in [7, 11) is 1.99. The lowest BCUT2D eigenvalue weighted by Crippen LogP contribution is -2.05. The summed E-state index contributed by atoms with van der Waals surface area (Å²) in [4.78, 5) is 4.39. The van der Waals surface area contributed by atoms with Crippen molar-refractivity contribution in [1.82, 2.24) is 24.3 Å². The number of thioether (sulfide) groups is 1. The van der Waals surface area contributed by atoms with Gasteiger partial charge in [-0.25, -0.2) is 4.98 Å². The molecular weight excluding hydrogens is 270 g/mol. The highest BCUT2D eigenvalue weighted by Crippen LogP contribution is 2.17. The van der Waals surface area contributed by atoms with E-state index in [0.717, 1.165) is 27.8 Å². The maximum Gasteiger partial charge on any atom is 0.191 e. The Kier molecular flexibility index (Phi) is 3.56. The van der Waals surface area contributed by atoms with Gasteiger partial charge in [0.2, 0.25) is 0 Å². The lowest BCUT2D eigenvalue weighted by Gasteiger charge is -2.05. The molecule has 0 unspecified atom stereocenters. The smallest absolute Gasteiger partial charge is 0.191 e. The van der Waals surface area contributed by atoms with Crippen LogP contribution in [-0.4, -0.2) is 30.1 Å². The standard InChI is InChI=1S/C14H15N5S/c1-3-8-20-14-17-16-13(18(14)2)9-19-10-15-11-6-4-5-7-12(11)19/h3-7,10H,1,8-9H2,2H3. The number of hydrogen-bond donors (Lipinski definition) is 0. The van der Waals surface area contributed by atoms with Gasteiger partial charge in [0.25, 0.3) is 0 Å². The van der Waals surface area contributed by atoms with Crippen LogP contribution in [0.1, 0.15) is 5.82 Å². The SMILES string of the molecule is C=CCSc1nnc(Cn2cnc3ccccc32)n1C. The van der Waals surface area contributed by atoms with E-state index in [0.29, 0.717) is 6.54 Å². The van der Waals surface area contributed by atoms with E-state index >= 15 is 0 Å². The molecule has 0 aliphatic rings. The van der Waals surface area contributed by atoms with Crippen molar-refractivity contribution < 1.29 is 0 Å². The van der Waals surface area contributed by atoms with E-state index in [1.807, 2.05) is 42.2 Å². The molecule has 20 heavy (non-hydrogen) atoms. The van der Waals surface area contributed by atoms with Gasteiger partial charge in [0.05, 0.1) is 23.9 Å². The van der Waals surface area contributed by atoms with Crippen molar-refractivity contribution in [3.63, 3.8) is 0 Å². The van der Waals surface area contributed by atoms with Crippen molar-refractivity contribution in [2.24, 2.45) is 7.05 Å². The summed E-state index contributed by atoms with van der Waals surface area (Å²) < 4.78 is 4.10. The van der Waals surface area contributed by atoms with Crippen molar-refractivity contribution in [2.75, 3.05) is 5.75 Å². The van der Waals surface area contributed by atoms with Crippen LogP contribution in [0.5, 0.6) is 0 Å². The highest BCUT2D eigenvalue weighted by atomic mass is 32.2. The Morgan fingerprint density at radius 1 is 1.30 bits per heavy atom. The Morgan fingerprint density at radius 3 is 3.00 bits per heavy atom. The zero-order valence-electron chi connectivity index (χ0n) is 11.2. The van der Waals surface area contributed by atoms with Gasteiger partial charge in [0.1, 0.15) is 0 Å². The van der Waals surface area contributed by atoms with Crippen LogP contribution in [0.15, 0.2) is 48.4 Å². The molecule has 3 aromatic rings. The number of para-hydroxylation sites is 2. The van der Waals surface area contributed by atoms with Crippen molar-refractivity contribution >= 4 is 22.8 Å². The van der Waals surface area contributed by atoms with Crippen molar-refractivity contribution in [3.8, 4) is 0 Å². The van der Waals surface area contributed by atoms with Crippen molar-refractivity contribution in [1.29, 1.82) is 0 Å². The Morgan fingerprint density at radius 2 is 2.15 bits per heavy atom. The third-order valence-electron chi connectivity index (χ3n) is 3.09. The van der Waals surface area contributed by atoms with Crippen molar-refractivity contribution in [2.45, 2.75) is 11.7 Å². The van der Waals surface area contributed by atoms with Crippen LogP contribution < -0.4 is 0 Å². The fourth-order valence-electron chi connectivity index (χ4n) is 2.03. The largest absolute Gasteiger partial charge is 0.323 e. The van der Waals surface area contributed by atoms with Crippen LogP contribution in [-0.2, 0) is 13.6 Å². The second-order valence-electron chi connectivity index (χ2n) is 4.42. The zero-order chi connectivity index (χ0) is 13.9. The van der Waals surface area contributed by atoms with Gasteiger partial charge in [-0.15, -0.1) is 16.8 Å². The molecule has 0 spiro atoms. The Balaban J connectivity index is 1.87. The molecule has 0 bridgehead atoms. The third-order valence-corrected chi connectivity index (χ3v) is 4.11. The fraction of sp³-hybridized carbons (Fsp3) is 0.214. The first-order chi connectivity index (χ1) is 9.79. The van der Waals surface area contributed by atoms with Crippen LogP contribution in [0.2, 0.25) is 0 Å². The van der Waals surface area contributed by atoms with E-state index in [1.165, 1.54) is 0 Å². The molecule has 0 amide bonds. The number of benzene rings is 1. The molecule has 0 atom stereocenters. The summed E-state index contributed by atoms with van der Waals surface area (Å²) in [5.74, 6) is 1.75. The molecule has 0 saturated heterocycles. The minimum Gasteiger partial charge on any atom is -0.323 e. The molecule has 0 saturated carbocycles. The van der Waals surface area contributed by atoms with Crippen molar-refractivity contribution in [3.05, 3.63) is 49.1 Å². The molecule has 0 fully saturated rings. The van der Waals surface area contributed by atoms with Gasteiger partial charge >= 0.3 is 0 Å². The summed E-state index contributed by atoms with van der Waals surface area (Å²) in [6.07, 6.45) is 3.71. The molecule has 5 nitrogen and oxygen atoms in total. The van der Waals surface area contributed by atoms with Gasteiger partial charge in [-0.3, -0.25) is 0 Å². The molecule has 0 radical (unpaired) electrons. The van der Waals surface area contributed by atoms with Crippen LogP contribution in [0.4, 0.5) is 0 Å². The Bertz CT molecular complexity index is 743. The molecule has 2 heterocycles. The van der Waals surface area contributed by atoms with Gasteiger partial charge in [0.15, 0.2) is 11.0 Å². The first-order valence-electron chi connectivity index (χ1n) is 6.31. The number of imidazole rings is 1. The van der Waals surface area contributed by atoms with Crippen LogP contribution in [0, 0.1) is 0 Å². The van der Waals surface area contributed by atoms with Crippen LogP contribution in [0.3, 0.4) is 0 Å². The molecule has 0 aliphatic carbocycles. The quantitative estimate of drug-likeness (QED) is 0.534. The Hall–Kier alpha value is -2.08. The van der Waals surface area contributed by atoms with Gasteiger partial charge in [-0.1, -0.05) is 30.0 Å². The summed E-state index contributed by atoms with van der Waals surface area (Å²) in [5.41, 5.74) is 2.10. The van der Waals surface area contributed by atoms with E-state index in [4.69, 9.17) is 0 Å². The normalized spacial score (nSPS) is 11.1. The number of nitrogens with zero attached hydrogens (tertiary/aromatic N) is 5. The molecule has 2 aromatic heterocycles. The zero-order valence-corrected chi connectivity index (χ0v) is 12.0. The molecular formula is C14H15N5S. The summed E-state index contributed by atoms with van der Waals surface area (Å²) >= 11 is 1.63. The van der Waals surface area contributed by atoms with E-state index < -0.39 is 0 Å². The molecule has 0 N–H and O–H groups in total. The van der Waals surface area contributed by atoms with E-state index in [-0.39, 0.29) is 0 Å². The van der Waals surface area contributed by atoms with E-state index in [2.05, 4.69) is 32.4 Å². The molecule has 1 aromatic carbocycles. The lowest BCUT2D eigenvalue weighted by atomic mass is 10.3. The highest BCUT2D eigenvalue weighted by Gasteiger charge is 2.10. The van der Waals surface area contributed by atoms with Gasteiger partial charge in [-0.05, 0) is 12.1 Å². The first kappa shape index (κ1) is 12.9. The summed E-state index contributed by atoms with van der Waals surface area (Å²) in [6, 6.07) is 8.08. The topological polar surface area (TPSA) is 48.5 Å². The number of fused-ring (bicyclic) bond motifs is 1. The third kappa shape index (κ3) is 2.34. The average Bonchev–Trinajstić information content (AvgIpc) is 3.03. The van der Waals surface area contributed by atoms with E-state index in [1.54, 1.807) is 11.8 Å². The fourth-order valence-corrected chi connectivity index (χ4v) is 2.70. The number of aromatic nitrogens is 5. The lowest BCUT2D eigenvalue weighted by molar-refractivity contribution is 0.685.